The molecule has 3 N–H and O–H groups in total. The topological polar surface area (TPSA) is 38.0 Å². The Morgan fingerprint density at radius 2 is 2.22 bits per heavy atom. The normalized spacial score (nSPS) is 22.8. The number of hydrogen-bond acceptors (Lipinski definition) is 2. The summed E-state index contributed by atoms with van der Waals surface area (Å²) in [5.74, 6) is -0.234. The fourth-order valence-electron chi connectivity index (χ4n) is 2.42. The number of rotatable bonds is 3. The summed E-state index contributed by atoms with van der Waals surface area (Å²) in [6.07, 6.45) is 7.11. The van der Waals surface area contributed by atoms with Crippen molar-refractivity contribution in [3.63, 3.8) is 0 Å². The minimum atomic E-state index is -0.306. The van der Waals surface area contributed by atoms with Crippen LogP contribution in [0.3, 0.4) is 0 Å². The molecule has 0 aromatic heterocycles. The van der Waals surface area contributed by atoms with E-state index < -0.39 is 0 Å². The molecular formula is C15H19FN2. The average Bonchev–Trinajstić information content (AvgIpc) is 2.40. The summed E-state index contributed by atoms with van der Waals surface area (Å²) in [6, 6.07) is 5.15. The zero-order valence-electron chi connectivity index (χ0n) is 10.8. The number of anilines is 1. The molecule has 18 heavy (non-hydrogen) atoms. The third-order valence-electron chi connectivity index (χ3n) is 3.62. The van der Waals surface area contributed by atoms with Crippen LogP contribution in [0.25, 0.3) is 0 Å². The molecule has 0 amide bonds. The number of para-hydroxylation sites is 1. The van der Waals surface area contributed by atoms with Crippen molar-refractivity contribution >= 4 is 5.69 Å². The van der Waals surface area contributed by atoms with Crippen LogP contribution in [0, 0.1) is 5.82 Å². The third-order valence-corrected chi connectivity index (χ3v) is 3.62. The van der Waals surface area contributed by atoms with E-state index >= 15 is 0 Å². The van der Waals surface area contributed by atoms with Crippen LogP contribution in [-0.2, 0) is 5.41 Å². The Labute approximate surface area is 107 Å². The predicted octanol–water partition coefficient (Wildman–Crippen LogP) is 2.97. The van der Waals surface area contributed by atoms with E-state index in [-0.39, 0.29) is 11.2 Å². The molecule has 0 saturated heterocycles. The van der Waals surface area contributed by atoms with Gasteiger partial charge in [0.2, 0.25) is 0 Å². The van der Waals surface area contributed by atoms with Gasteiger partial charge in [-0.05, 0) is 25.0 Å². The molecule has 96 valence electrons. The van der Waals surface area contributed by atoms with Crippen LogP contribution in [0.15, 0.2) is 42.0 Å². The Morgan fingerprint density at radius 3 is 2.78 bits per heavy atom. The Bertz CT molecular complexity index is 505. The summed E-state index contributed by atoms with van der Waals surface area (Å²) in [5, 5.41) is 2.95. The summed E-state index contributed by atoms with van der Waals surface area (Å²) >= 11 is 0. The minimum Gasteiger partial charge on any atom is -0.386 e. The van der Waals surface area contributed by atoms with E-state index in [1.54, 1.807) is 13.1 Å². The van der Waals surface area contributed by atoms with E-state index in [0.717, 1.165) is 12.0 Å². The fraction of sp³-hybridized carbons (Fsp3) is 0.333. The lowest BCUT2D eigenvalue weighted by Crippen LogP contribution is -2.34. The molecule has 0 aliphatic heterocycles. The Balaban J connectivity index is 2.53. The second-order valence-electron chi connectivity index (χ2n) is 4.76. The van der Waals surface area contributed by atoms with Gasteiger partial charge in [-0.25, -0.2) is 4.39 Å². The number of allylic oxidation sites excluding steroid dienone is 3. The van der Waals surface area contributed by atoms with E-state index in [2.05, 4.69) is 30.5 Å². The summed E-state index contributed by atoms with van der Waals surface area (Å²) in [4.78, 5) is 0. The van der Waals surface area contributed by atoms with E-state index in [1.807, 2.05) is 6.07 Å². The molecule has 0 radical (unpaired) electrons. The second-order valence-corrected chi connectivity index (χ2v) is 4.76. The predicted molar refractivity (Wildman–Crippen MR) is 74.2 cm³/mol. The largest absolute Gasteiger partial charge is 0.386 e. The highest BCUT2D eigenvalue weighted by atomic mass is 19.1. The molecule has 0 bridgehead atoms. The van der Waals surface area contributed by atoms with Gasteiger partial charge in [0, 0.05) is 19.0 Å². The first kappa shape index (κ1) is 12.8. The van der Waals surface area contributed by atoms with Gasteiger partial charge in [-0.15, -0.1) is 0 Å². The SMILES string of the molecule is CNc1c(F)cccc1C1(CN)C=CC(C)=CC1. The van der Waals surface area contributed by atoms with Gasteiger partial charge in [0.05, 0.1) is 5.69 Å². The van der Waals surface area contributed by atoms with Gasteiger partial charge in [-0.3, -0.25) is 0 Å². The molecule has 1 atom stereocenters. The molecule has 1 aliphatic carbocycles. The Morgan fingerprint density at radius 1 is 1.44 bits per heavy atom. The molecule has 0 fully saturated rings. The smallest absolute Gasteiger partial charge is 0.146 e. The lowest BCUT2D eigenvalue weighted by molar-refractivity contribution is 0.541. The van der Waals surface area contributed by atoms with Crippen molar-refractivity contribution in [1.29, 1.82) is 0 Å². The zero-order valence-corrected chi connectivity index (χ0v) is 10.8. The first-order chi connectivity index (χ1) is 8.63. The van der Waals surface area contributed by atoms with Gasteiger partial charge < -0.3 is 11.1 Å². The lowest BCUT2D eigenvalue weighted by Gasteiger charge is -2.33. The average molecular weight is 246 g/mol. The number of nitrogens with two attached hydrogens (primary N) is 1. The summed E-state index contributed by atoms with van der Waals surface area (Å²) < 4.78 is 13.8. The van der Waals surface area contributed by atoms with Crippen LogP contribution in [0.1, 0.15) is 18.9 Å². The highest BCUT2D eigenvalue weighted by Gasteiger charge is 2.31. The second kappa shape index (κ2) is 4.94. The van der Waals surface area contributed by atoms with E-state index in [4.69, 9.17) is 5.73 Å². The summed E-state index contributed by atoms with van der Waals surface area (Å²) in [6.45, 7) is 2.52. The van der Waals surface area contributed by atoms with Gasteiger partial charge in [0.25, 0.3) is 0 Å². The maximum atomic E-state index is 13.8. The maximum Gasteiger partial charge on any atom is 0.146 e. The summed E-state index contributed by atoms with van der Waals surface area (Å²) in [5.41, 5.74) is 8.34. The van der Waals surface area contributed by atoms with Crippen LogP contribution in [-0.4, -0.2) is 13.6 Å². The fourth-order valence-corrected chi connectivity index (χ4v) is 2.42. The molecule has 0 heterocycles. The maximum absolute atomic E-state index is 13.8. The Kier molecular flexibility index (Phi) is 3.53. The molecule has 1 aromatic rings. The lowest BCUT2D eigenvalue weighted by atomic mass is 9.73. The van der Waals surface area contributed by atoms with Gasteiger partial charge in [0.15, 0.2) is 0 Å². The molecule has 2 nitrogen and oxygen atoms in total. The van der Waals surface area contributed by atoms with Crippen LogP contribution in [0.4, 0.5) is 10.1 Å². The Hall–Kier alpha value is -1.61. The highest BCUT2D eigenvalue weighted by Crippen LogP contribution is 2.38. The highest BCUT2D eigenvalue weighted by molar-refractivity contribution is 5.58. The molecule has 3 heteroatoms. The standard InChI is InChI=1S/C15H19FN2/c1-11-6-8-15(10-17,9-7-11)12-4-3-5-13(16)14(12)18-2/h3-8,18H,9-10,17H2,1-2H3. The van der Waals surface area contributed by atoms with E-state index in [0.29, 0.717) is 12.2 Å². The number of hydrogen-bond donors (Lipinski definition) is 2. The number of halogens is 1. The van der Waals surface area contributed by atoms with Crippen molar-refractivity contribution in [3.05, 3.63) is 53.4 Å². The van der Waals surface area contributed by atoms with Crippen LogP contribution >= 0.6 is 0 Å². The van der Waals surface area contributed by atoms with Gasteiger partial charge in [0.1, 0.15) is 5.82 Å². The molecule has 0 saturated carbocycles. The van der Waals surface area contributed by atoms with Gasteiger partial charge >= 0.3 is 0 Å². The van der Waals surface area contributed by atoms with E-state index in [1.165, 1.54) is 11.6 Å². The summed E-state index contributed by atoms with van der Waals surface area (Å²) in [7, 11) is 1.74. The molecular weight excluding hydrogens is 227 g/mol. The molecule has 1 aromatic carbocycles. The van der Waals surface area contributed by atoms with Crippen LogP contribution < -0.4 is 11.1 Å². The van der Waals surface area contributed by atoms with Crippen LogP contribution in [0.2, 0.25) is 0 Å². The third kappa shape index (κ3) is 2.06. The molecule has 0 spiro atoms. The van der Waals surface area contributed by atoms with Crippen molar-refractivity contribution in [2.45, 2.75) is 18.8 Å². The van der Waals surface area contributed by atoms with Gasteiger partial charge in [-0.2, -0.15) is 0 Å². The quantitative estimate of drug-likeness (QED) is 0.860. The molecule has 1 aliphatic rings. The minimum absolute atomic E-state index is 0.234. The van der Waals surface area contributed by atoms with Crippen molar-refractivity contribution in [3.8, 4) is 0 Å². The van der Waals surface area contributed by atoms with Crippen molar-refractivity contribution in [1.82, 2.24) is 0 Å². The van der Waals surface area contributed by atoms with E-state index in [9.17, 15) is 4.39 Å². The van der Waals surface area contributed by atoms with Crippen molar-refractivity contribution in [2.75, 3.05) is 18.9 Å². The van der Waals surface area contributed by atoms with Crippen molar-refractivity contribution in [2.24, 2.45) is 5.73 Å². The van der Waals surface area contributed by atoms with Crippen LogP contribution in [0.5, 0.6) is 0 Å². The number of nitrogens with one attached hydrogen (secondary N) is 1. The monoisotopic (exact) mass is 246 g/mol. The first-order valence-corrected chi connectivity index (χ1v) is 6.16. The first-order valence-electron chi connectivity index (χ1n) is 6.16. The number of benzene rings is 1. The molecule has 1 unspecified atom stereocenters. The van der Waals surface area contributed by atoms with Crippen molar-refractivity contribution < 1.29 is 4.39 Å². The molecule has 2 rings (SSSR count). The zero-order chi connectivity index (χ0) is 13.2. The van der Waals surface area contributed by atoms with Gasteiger partial charge in [-0.1, -0.05) is 35.9 Å².